The van der Waals surface area contributed by atoms with Crippen LogP contribution < -0.4 is 0 Å². The molecule has 0 fully saturated rings. The molecule has 0 aliphatic carbocycles. The van der Waals surface area contributed by atoms with Crippen molar-refractivity contribution in [3.8, 4) is 0 Å². The number of hydrogen-bond donors (Lipinski definition) is 0. The van der Waals surface area contributed by atoms with Crippen LogP contribution in [-0.4, -0.2) is 44.0 Å². The molecule has 112 valence electrons. The topological polar surface area (TPSA) is 29.5 Å². The summed E-state index contributed by atoms with van der Waals surface area (Å²) in [5.41, 5.74) is 0.727. The summed E-state index contributed by atoms with van der Waals surface area (Å²) in [6.07, 6.45) is 0.526. The number of Topliss-reactive ketones (excluding diaryl/α,β-unsaturated/α-hetero) is 1. The second-order valence-electron chi connectivity index (χ2n) is 5.37. The van der Waals surface area contributed by atoms with Crippen molar-refractivity contribution in [2.24, 2.45) is 5.92 Å². The Balaban J connectivity index is 2.48. The number of hydrogen-bond acceptors (Lipinski definition) is 3. The lowest BCUT2D eigenvalue weighted by molar-refractivity contribution is 0.0941. The maximum absolute atomic E-state index is 12.1. The predicted octanol–water partition coefficient (Wildman–Crippen LogP) is 3.52. The van der Waals surface area contributed by atoms with E-state index in [0.717, 1.165) is 25.2 Å². The third-order valence-electron chi connectivity index (χ3n) is 3.06. The Bertz CT molecular complexity index is 403. The average molecular weight is 298 g/mol. The van der Waals surface area contributed by atoms with Crippen LogP contribution >= 0.6 is 11.6 Å². The molecule has 1 aromatic rings. The summed E-state index contributed by atoms with van der Waals surface area (Å²) in [7, 11) is 1.70. The zero-order valence-electron chi connectivity index (χ0n) is 12.6. The molecule has 3 nitrogen and oxygen atoms in total. The molecule has 0 heterocycles. The third kappa shape index (κ3) is 6.51. The van der Waals surface area contributed by atoms with Crippen LogP contribution in [0, 0.1) is 5.92 Å². The van der Waals surface area contributed by atoms with Gasteiger partial charge in [0.15, 0.2) is 5.78 Å². The highest BCUT2D eigenvalue weighted by molar-refractivity contribution is 6.30. The molecule has 0 aliphatic rings. The summed E-state index contributed by atoms with van der Waals surface area (Å²) in [5.74, 6) is 0.741. The molecule has 20 heavy (non-hydrogen) atoms. The predicted molar refractivity (Wildman–Crippen MR) is 83.6 cm³/mol. The summed E-state index contributed by atoms with van der Waals surface area (Å²) >= 11 is 5.82. The molecule has 0 atom stereocenters. The monoisotopic (exact) mass is 297 g/mol. The molecule has 0 spiro atoms. The van der Waals surface area contributed by atoms with Crippen LogP contribution in [0.15, 0.2) is 24.3 Å². The summed E-state index contributed by atoms with van der Waals surface area (Å²) < 4.78 is 5.12. The Morgan fingerprint density at radius 3 is 2.45 bits per heavy atom. The highest BCUT2D eigenvalue weighted by Gasteiger charge is 2.11. The molecule has 4 heteroatoms. The maximum atomic E-state index is 12.1. The molecular weight excluding hydrogens is 274 g/mol. The van der Waals surface area contributed by atoms with Gasteiger partial charge in [-0.1, -0.05) is 25.4 Å². The first-order valence-electron chi connectivity index (χ1n) is 7.03. The standard InChI is InChI=1S/C16H24ClNO2/c1-13(2)12-18(10-11-20-3)9-8-16(19)14-4-6-15(17)7-5-14/h4-7,13H,8-12H2,1-3H3. The van der Waals surface area contributed by atoms with E-state index in [2.05, 4.69) is 18.7 Å². The molecule has 0 saturated carbocycles. The summed E-state index contributed by atoms with van der Waals surface area (Å²) in [5, 5.41) is 0.656. The Morgan fingerprint density at radius 2 is 1.90 bits per heavy atom. The number of nitrogens with zero attached hydrogens (tertiary/aromatic N) is 1. The van der Waals surface area contributed by atoms with Crippen molar-refractivity contribution in [2.75, 3.05) is 33.4 Å². The van der Waals surface area contributed by atoms with Crippen LogP contribution in [0.2, 0.25) is 5.02 Å². The fraction of sp³-hybridized carbons (Fsp3) is 0.562. The van der Waals surface area contributed by atoms with E-state index in [4.69, 9.17) is 16.3 Å². The molecular formula is C16H24ClNO2. The Hall–Kier alpha value is -0.900. The van der Waals surface area contributed by atoms with Gasteiger partial charge in [-0.25, -0.2) is 0 Å². The van der Waals surface area contributed by atoms with E-state index in [0.29, 0.717) is 24.0 Å². The summed E-state index contributed by atoms with van der Waals surface area (Å²) in [6, 6.07) is 7.08. The lowest BCUT2D eigenvalue weighted by atomic mass is 10.1. The normalized spacial score (nSPS) is 11.3. The Morgan fingerprint density at radius 1 is 1.25 bits per heavy atom. The SMILES string of the molecule is COCCN(CCC(=O)c1ccc(Cl)cc1)CC(C)C. The molecule has 1 aromatic carbocycles. The van der Waals surface area contributed by atoms with Gasteiger partial charge in [0, 0.05) is 43.8 Å². The smallest absolute Gasteiger partial charge is 0.164 e. The number of methoxy groups -OCH3 is 1. The minimum Gasteiger partial charge on any atom is -0.383 e. The number of rotatable bonds is 9. The number of carbonyl (C=O) groups excluding carboxylic acids is 1. The zero-order valence-corrected chi connectivity index (χ0v) is 13.3. The van der Waals surface area contributed by atoms with Gasteiger partial charge in [-0.3, -0.25) is 4.79 Å². The number of halogens is 1. The minimum absolute atomic E-state index is 0.160. The van der Waals surface area contributed by atoms with E-state index >= 15 is 0 Å². The van der Waals surface area contributed by atoms with Crippen LogP contribution in [0.5, 0.6) is 0 Å². The minimum atomic E-state index is 0.160. The largest absolute Gasteiger partial charge is 0.383 e. The first kappa shape index (κ1) is 17.2. The average Bonchev–Trinajstić information content (AvgIpc) is 2.41. The first-order valence-corrected chi connectivity index (χ1v) is 7.40. The third-order valence-corrected chi connectivity index (χ3v) is 3.31. The van der Waals surface area contributed by atoms with Crippen LogP contribution in [0.3, 0.4) is 0 Å². The molecule has 0 unspecified atom stereocenters. The second kappa shape index (κ2) is 9.11. The van der Waals surface area contributed by atoms with E-state index in [1.807, 2.05) is 0 Å². The molecule has 0 aromatic heterocycles. The van der Waals surface area contributed by atoms with E-state index in [1.165, 1.54) is 0 Å². The van der Waals surface area contributed by atoms with Gasteiger partial charge in [0.05, 0.1) is 6.61 Å². The lowest BCUT2D eigenvalue weighted by Gasteiger charge is -2.23. The lowest BCUT2D eigenvalue weighted by Crippen LogP contribution is -2.33. The molecule has 0 radical (unpaired) electrons. The van der Waals surface area contributed by atoms with Crippen molar-refractivity contribution < 1.29 is 9.53 Å². The molecule has 0 N–H and O–H groups in total. The van der Waals surface area contributed by atoms with Gasteiger partial charge in [0.1, 0.15) is 0 Å². The van der Waals surface area contributed by atoms with E-state index in [9.17, 15) is 4.79 Å². The second-order valence-corrected chi connectivity index (χ2v) is 5.80. The van der Waals surface area contributed by atoms with Crippen molar-refractivity contribution in [1.82, 2.24) is 4.90 Å². The van der Waals surface area contributed by atoms with Crippen LogP contribution in [-0.2, 0) is 4.74 Å². The van der Waals surface area contributed by atoms with Crippen molar-refractivity contribution in [2.45, 2.75) is 20.3 Å². The van der Waals surface area contributed by atoms with E-state index in [-0.39, 0.29) is 5.78 Å². The number of ketones is 1. The zero-order chi connectivity index (χ0) is 15.0. The van der Waals surface area contributed by atoms with Crippen molar-refractivity contribution >= 4 is 17.4 Å². The maximum Gasteiger partial charge on any atom is 0.164 e. The van der Waals surface area contributed by atoms with E-state index < -0.39 is 0 Å². The number of benzene rings is 1. The van der Waals surface area contributed by atoms with Gasteiger partial charge in [-0.2, -0.15) is 0 Å². The Kier molecular flexibility index (Phi) is 7.82. The van der Waals surface area contributed by atoms with Crippen LogP contribution in [0.1, 0.15) is 30.6 Å². The van der Waals surface area contributed by atoms with Gasteiger partial charge >= 0.3 is 0 Å². The highest BCUT2D eigenvalue weighted by Crippen LogP contribution is 2.11. The highest BCUT2D eigenvalue weighted by atomic mass is 35.5. The van der Waals surface area contributed by atoms with Crippen molar-refractivity contribution in [3.05, 3.63) is 34.9 Å². The van der Waals surface area contributed by atoms with Crippen molar-refractivity contribution in [3.63, 3.8) is 0 Å². The van der Waals surface area contributed by atoms with Gasteiger partial charge in [-0.15, -0.1) is 0 Å². The quantitative estimate of drug-likeness (QED) is 0.653. The van der Waals surface area contributed by atoms with Gasteiger partial charge in [-0.05, 0) is 30.2 Å². The fourth-order valence-electron chi connectivity index (χ4n) is 2.07. The molecule has 0 aliphatic heterocycles. The van der Waals surface area contributed by atoms with Gasteiger partial charge < -0.3 is 9.64 Å². The summed E-state index contributed by atoms with van der Waals surface area (Å²) in [4.78, 5) is 14.4. The summed E-state index contributed by atoms with van der Waals surface area (Å²) in [6.45, 7) is 7.67. The van der Waals surface area contributed by atoms with Gasteiger partial charge in [0.25, 0.3) is 0 Å². The molecule has 0 bridgehead atoms. The Labute approximate surface area is 126 Å². The molecule has 0 amide bonds. The van der Waals surface area contributed by atoms with E-state index in [1.54, 1.807) is 31.4 Å². The van der Waals surface area contributed by atoms with Crippen molar-refractivity contribution in [1.29, 1.82) is 0 Å². The number of carbonyl (C=O) groups is 1. The first-order chi connectivity index (χ1) is 9.52. The van der Waals surface area contributed by atoms with Crippen LogP contribution in [0.4, 0.5) is 0 Å². The van der Waals surface area contributed by atoms with Crippen LogP contribution in [0.25, 0.3) is 0 Å². The number of ether oxygens (including phenoxy) is 1. The fourth-order valence-corrected chi connectivity index (χ4v) is 2.20. The molecule has 0 saturated heterocycles. The molecule has 1 rings (SSSR count). The van der Waals surface area contributed by atoms with Gasteiger partial charge in [0.2, 0.25) is 0 Å².